The summed E-state index contributed by atoms with van der Waals surface area (Å²) in [6.07, 6.45) is 5.72. The Balaban J connectivity index is 1.79. The molecule has 0 bridgehead atoms. The number of carbonyl (C=O) groups excluding carboxylic acids is 1. The fourth-order valence-electron chi connectivity index (χ4n) is 3.00. The van der Waals surface area contributed by atoms with Crippen molar-refractivity contribution in [1.29, 1.82) is 0 Å². The zero-order chi connectivity index (χ0) is 13.7. The molecule has 1 amide bonds. The Kier molecular flexibility index (Phi) is 5.19. The molecule has 2 heterocycles. The van der Waals surface area contributed by atoms with Gasteiger partial charge in [0.1, 0.15) is 0 Å². The van der Waals surface area contributed by atoms with Crippen LogP contribution in [0, 0.1) is 5.92 Å². The van der Waals surface area contributed by atoms with Crippen LogP contribution >= 0.6 is 0 Å². The number of carboxylic acid groups (broad SMARTS) is 1. The molecule has 2 unspecified atom stereocenters. The molecule has 5 nitrogen and oxygen atoms in total. The molecule has 2 fully saturated rings. The van der Waals surface area contributed by atoms with E-state index in [1.165, 1.54) is 0 Å². The molecule has 0 aromatic rings. The second-order valence-electron chi connectivity index (χ2n) is 5.64. The van der Waals surface area contributed by atoms with Crippen molar-refractivity contribution < 1.29 is 19.4 Å². The van der Waals surface area contributed by atoms with Crippen molar-refractivity contribution in [1.82, 2.24) is 4.90 Å². The Morgan fingerprint density at radius 2 is 2.00 bits per heavy atom. The predicted molar refractivity (Wildman–Crippen MR) is 69.8 cm³/mol. The number of likely N-dealkylation sites (tertiary alicyclic amines) is 1. The van der Waals surface area contributed by atoms with Gasteiger partial charge in [0.05, 0.1) is 12.5 Å². The molecule has 19 heavy (non-hydrogen) atoms. The van der Waals surface area contributed by atoms with Crippen LogP contribution in [0.15, 0.2) is 0 Å². The smallest absolute Gasteiger partial charge is 0.303 e. The average molecular weight is 269 g/mol. The average Bonchev–Trinajstić information content (AvgIpc) is 2.39. The Bertz CT molecular complexity index is 325. The molecule has 5 heteroatoms. The van der Waals surface area contributed by atoms with Crippen LogP contribution in [0.1, 0.15) is 44.9 Å². The van der Waals surface area contributed by atoms with Crippen LogP contribution in [-0.4, -0.2) is 47.7 Å². The fraction of sp³-hybridized carbons (Fsp3) is 0.857. The van der Waals surface area contributed by atoms with Crippen molar-refractivity contribution in [2.24, 2.45) is 5.92 Å². The number of piperidine rings is 1. The monoisotopic (exact) mass is 269 g/mol. The molecular formula is C14H23NO4. The lowest BCUT2D eigenvalue weighted by Crippen LogP contribution is -2.42. The first-order valence-electron chi connectivity index (χ1n) is 7.26. The van der Waals surface area contributed by atoms with Gasteiger partial charge in [-0.15, -0.1) is 0 Å². The Morgan fingerprint density at radius 1 is 1.16 bits per heavy atom. The highest BCUT2D eigenvalue weighted by atomic mass is 16.5. The summed E-state index contributed by atoms with van der Waals surface area (Å²) >= 11 is 0. The van der Waals surface area contributed by atoms with E-state index in [-0.39, 0.29) is 24.3 Å². The SMILES string of the molecule is O=C(O)CC1CCCN(C(=O)CC2CCCCO2)C1. The molecule has 2 aliphatic rings. The quantitative estimate of drug-likeness (QED) is 0.843. The fourth-order valence-corrected chi connectivity index (χ4v) is 3.00. The lowest BCUT2D eigenvalue weighted by molar-refractivity contribution is -0.142. The van der Waals surface area contributed by atoms with Crippen molar-refractivity contribution in [3.63, 3.8) is 0 Å². The summed E-state index contributed by atoms with van der Waals surface area (Å²) in [5, 5.41) is 8.83. The second-order valence-corrected chi connectivity index (χ2v) is 5.64. The van der Waals surface area contributed by atoms with Gasteiger partial charge in [0.2, 0.25) is 5.91 Å². The normalized spacial score (nSPS) is 28.1. The lowest BCUT2D eigenvalue weighted by atomic mass is 9.94. The molecule has 0 aromatic carbocycles. The van der Waals surface area contributed by atoms with E-state index in [4.69, 9.17) is 9.84 Å². The standard InChI is InChI=1S/C14H23NO4/c16-13(9-12-5-1-2-7-19-12)15-6-3-4-11(10-15)8-14(17)18/h11-12H,1-10H2,(H,17,18). The van der Waals surface area contributed by atoms with E-state index in [1.807, 2.05) is 4.90 Å². The molecule has 0 aliphatic carbocycles. The minimum Gasteiger partial charge on any atom is -0.481 e. The van der Waals surface area contributed by atoms with Crippen LogP contribution in [0.5, 0.6) is 0 Å². The largest absolute Gasteiger partial charge is 0.481 e. The zero-order valence-electron chi connectivity index (χ0n) is 11.3. The van der Waals surface area contributed by atoms with Gasteiger partial charge in [0.15, 0.2) is 0 Å². The summed E-state index contributed by atoms with van der Waals surface area (Å²) in [5.74, 6) is -0.528. The first-order chi connectivity index (χ1) is 9.15. The molecule has 2 rings (SSSR count). The number of carboxylic acids is 1. The molecule has 108 valence electrons. The third-order valence-corrected chi connectivity index (χ3v) is 4.01. The van der Waals surface area contributed by atoms with Crippen LogP contribution in [0.3, 0.4) is 0 Å². The maximum Gasteiger partial charge on any atom is 0.303 e. The molecular weight excluding hydrogens is 246 g/mol. The summed E-state index contributed by atoms with van der Waals surface area (Å²) in [7, 11) is 0. The zero-order valence-corrected chi connectivity index (χ0v) is 11.3. The minimum atomic E-state index is -0.769. The highest BCUT2D eigenvalue weighted by molar-refractivity contribution is 5.77. The Hall–Kier alpha value is -1.10. The molecule has 2 saturated heterocycles. The predicted octanol–water partition coefficient (Wildman–Crippen LogP) is 1.66. The summed E-state index contributed by atoms with van der Waals surface area (Å²) in [6.45, 7) is 2.12. The van der Waals surface area contributed by atoms with Gasteiger partial charge in [-0.2, -0.15) is 0 Å². The van der Waals surface area contributed by atoms with E-state index < -0.39 is 5.97 Å². The molecule has 2 atom stereocenters. The van der Waals surface area contributed by atoms with Crippen LogP contribution in [-0.2, 0) is 14.3 Å². The van der Waals surface area contributed by atoms with Gasteiger partial charge in [0.25, 0.3) is 0 Å². The molecule has 2 aliphatic heterocycles. The van der Waals surface area contributed by atoms with Gasteiger partial charge < -0.3 is 14.7 Å². The van der Waals surface area contributed by atoms with Crippen molar-refractivity contribution in [2.45, 2.75) is 51.0 Å². The number of rotatable bonds is 4. The van der Waals surface area contributed by atoms with E-state index in [0.29, 0.717) is 13.0 Å². The molecule has 0 radical (unpaired) electrons. The van der Waals surface area contributed by atoms with E-state index in [2.05, 4.69) is 0 Å². The first kappa shape index (κ1) is 14.3. The Morgan fingerprint density at radius 3 is 2.68 bits per heavy atom. The number of nitrogens with zero attached hydrogens (tertiary/aromatic N) is 1. The molecule has 0 aromatic heterocycles. The summed E-state index contributed by atoms with van der Waals surface area (Å²) in [5.41, 5.74) is 0. The number of hydrogen-bond acceptors (Lipinski definition) is 3. The highest BCUT2D eigenvalue weighted by Crippen LogP contribution is 2.22. The first-order valence-corrected chi connectivity index (χ1v) is 7.26. The van der Waals surface area contributed by atoms with E-state index in [1.54, 1.807) is 0 Å². The Labute approximate surface area is 113 Å². The highest BCUT2D eigenvalue weighted by Gasteiger charge is 2.27. The molecule has 0 saturated carbocycles. The number of ether oxygens (including phenoxy) is 1. The summed E-state index contributed by atoms with van der Waals surface area (Å²) < 4.78 is 5.59. The van der Waals surface area contributed by atoms with Crippen LogP contribution in [0.25, 0.3) is 0 Å². The molecule has 0 spiro atoms. The van der Waals surface area contributed by atoms with Crippen LogP contribution in [0.2, 0.25) is 0 Å². The van der Waals surface area contributed by atoms with Gasteiger partial charge in [-0.1, -0.05) is 0 Å². The van der Waals surface area contributed by atoms with E-state index in [0.717, 1.165) is 45.3 Å². The second kappa shape index (κ2) is 6.89. The van der Waals surface area contributed by atoms with Crippen molar-refractivity contribution >= 4 is 11.9 Å². The molecule has 1 N–H and O–H groups in total. The third-order valence-electron chi connectivity index (χ3n) is 4.01. The van der Waals surface area contributed by atoms with Crippen molar-refractivity contribution in [3.8, 4) is 0 Å². The van der Waals surface area contributed by atoms with Crippen LogP contribution < -0.4 is 0 Å². The summed E-state index contributed by atoms with van der Waals surface area (Å²) in [4.78, 5) is 24.8. The van der Waals surface area contributed by atoms with Gasteiger partial charge in [-0.05, 0) is 38.0 Å². The minimum absolute atomic E-state index is 0.0705. The van der Waals surface area contributed by atoms with Gasteiger partial charge >= 0.3 is 5.97 Å². The van der Waals surface area contributed by atoms with Gasteiger partial charge in [-0.3, -0.25) is 9.59 Å². The number of carbonyl (C=O) groups is 2. The maximum atomic E-state index is 12.2. The summed E-state index contributed by atoms with van der Waals surface area (Å²) in [6, 6.07) is 0. The van der Waals surface area contributed by atoms with E-state index >= 15 is 0 Å². The van der Waals surface area contributed by atoms with Gasteiger partial charge in [0, 0.05) is 26.1 Å². The number of hydrogen-bond donors (Lipinski definition) is 1. The number of aliphatic carboxylic acids is 1. The maximum absolute atomic E-state index is 12.2. The topological polar surface area (TPSA) is 66.8 Å². The lowest BCUT2D eigenvalue weighted by Gasteiger charge is -2.33. The third kappa shape index (κ3) is 4.49. The van der Waals surface area contributed by atoms with Crippen LogP contribution in [0.4, 0.5) is 0 Å². The van der Waals surface area contributed by atoms with Crippen molar-refractivity contribution in [2.75, 3.05) is 19.7 Å². The van der Waals surface area contributed by atoms with Gasteiger partial charge in [-0.25, -0.2) is 0 Å². The number of amides is 1. The van der Waals surface area contributed by atoms with Crippen molar-refractivity contribution in [3.05, 3.63) is 0 Å². The van der Waals surface area contributed by atoms with E-state index in [9.17, 15) is 9.59 Å².